The number of hydrogen-bond donors (Lipinski definition) is 0. The van der Waals surface area contributed by atoms with E-state index in [2.05, 4.69) is 22.6 Å². The fourth-order valence-corrected chi connectivity index (χ4v) is 0. The van der Waals surface area contributed by atoms with Crippen molar-refractivity contribution in [3.63, 3.8) is 0 Å². The molecular formula is CH5I2K. The molecule has 0 aliphatic heterocycles. The zero-order chi connectivity index (χ0) is 2.00. The number of halogens is 2. The van der Waals surface area contributed by atoms with Crippen molar-refractivity contribution in [2.45, 2.75) is 0 Å². The third kappa shape index (κ3) is 8.92. The molecule has 4 heavy (non-hydrogen) atoms. The Morgan fingerprint density at radius 1 is 1.50 bits per heavy atom. The molecule has 0 atom stereocenters. The van der Waals surface area contributed by atoms with Crippen LogP contribution in [0.5, 0.6) is 0 Å². The molecule has 24 valence electrons. The molecular weight excluding hydrogens is 305 g/mol. The normalized spacial score (nSPS) is 1.50. The van der Waals surface area contributed by atoms with Gasteiger partial charge in [-0.3, -0.25) is 0 Å². The predicted octanol–water partition coefficient (Wildman–Crippen LogP) is -1.21. The van der Waals surface area contributed by atoms with E-state index >= 15 is 0 Å². The Labute approximate surface area is 102 Å². The molecule has 0 heterocycles. The Kier molecular flexibility index (Phi) is 64.9. The molecule has 0 aliphatic carbocycles. The third-order valence-electron chi connectivity index (χ3n) is 0. The molecule has 0 unspecified atom stereocenters. The first-order valence-electron chi connectivity index (χ1n) is 0.378. The van der Waals surface area contributed by atoms with Crippen LogP contribution in [0.4, 0.5) is 0 Å². The second kappa shape index (κ2) is 16.5. The number of hydrogen-bond acceptors (Lipinski definition) is 0. The molecule has 0 N–H and O–H groups in total. The van der Waals surface area contributed by atoms with E-state index in [1.807, 2.05) is 4.93 Å². The summed E-state index contributed by atoms with van der Waals surface area (Å²) < 4.78 is 0. The van der Waals surface area contributed by atoms with E-state index in [0.29, 0.717) is 0 Å². The quantitative estimate of drug-likeness (QED) is 0.299. The monoisotopic (exact) mass is 311 g/mol. The molecule has 0 aromatic carbocycles. The van der Waals surface area contributed by atoms with E-state index < -0.39 is 0 Å². The molecule has 0 aliphatic rings. The average Bonchev–Trinajstić information content (AvgIpc) is 1.00. The van der Waals surface area contributed by atoms with Crippen molar-refractivity contribution in [3.05, 3.63) is 0 Å². The van der Waals surface area contributed by atoms with E-state index in [0.717, 1.165) is 0 Å². The summed E-state index contributed by atoms with van der Waals surface area (Å²) in [4.78, 5) is 1.97. The molecule has 0 bridgehead atoms. The molecule has 0 aromatic rings. The predicted molar refractivity (Wildman–Crippen MR) is 36.5 cm³/mol. The zero-order valence-electron chi connectivity index (χ0n) is 3.79. The smallest absolute Gasteiger partial charge is 1.00 e. The summed E-state index contributed by atoms with van der Waals surface area (Å²) in [5, 5.41) is 0. The van der Waals surface area contributed by atoms with Gasteiger partial charge in [0.1, 0.15) is 0 Å². The van der Waals surface area contributed by atoms with Crippen LogP contribution in [0.15, 0.2) is 0 Å². The first kappa shape index (κ1) is 15.7. The van der Waals surface area contributed by atoms with Gasteiger partial charge in [-0.05, 0) is 4.93 Å². The van der Waals surface area contributed by atoms with Crippen molar-refractivity contribution in [2.75, 3.05) is 4.93 Å². The maximum Gasteiger partial charge on any atom is 1.00 e. The van der Waals surface area contributed by atoms with E-state index in [-0.39, 0.29) is 76.8 Å². The second-order valence-corrected chi connectivity index (χ2v) is 0. The minimum Gasteiger partial charge on any atom is -1.00 e. The van der Waals surface area contributed by atoms with Crippen LogP contribution in [0.25, 0.3) is 0 Å². The Hall–Kier alpha value is 3.10. The third-order valence-corrected chi connectivity index (χ3v) is 0. The molecule has 0 radical (unpaired) electrons. The maximum atomic E-state index is 2.15. The summed E-state index contributed by atoms with van der Waals surface area (Å²) in [7, 11) is 0. The molecule has 0 saturated carbocycles. The first-order chi connectivity index (χ1) is 1.00. The number of alkyl halides is 1. The van der Waals surface area contributed by atoms with Crippen LogP contribution in [0.2, 0.25) is 0 Å². The van der Waals surface area contributed by atoms with Crippen LogP contribution in [-0.2, 0) is 0 Å². The topological polar surface area (TPSA) is 0 Å². The van der Waals surface area contributed by atoms with Gasteiger partial charge in [-0.15, -0.1) is 24.0 Å². The van der Waals surface area contributed by atoms with Gasteiger partial charge in [-0.2, -0.15) is 0 Å². The first-order valence-corrected chi connectivity index (χ1v) is 2.54. The summed E-state index contributed by atoms with van der Waals surface area (Å²) in [6, 6.07) is 0. The van der Waals surface area contributed by atoms with Crippen LogP contribution >= 0.6 is 46.6 Å². The van der Waals surface area contributed by atoms with Crippen LogP contribution in [0, 0.1) is 0 Å². The Balaban J connectivity index is -0.00000000167. The molecule has 3 heteroatoms. The summed E-state index contributed by atoms with van der Waals surface area (Å²) in [6.45, 7) is 0. The minimum absolute atomic E-state index is 0. The van der Waals surface area contributed by atoms with Crippen LogP contribution in [-0.4, -0.2) is 4.93 Å². The van der Waals surface area contributed by atoms with Gasteiger partial charge in [0.05, 0.1) is 0 Å². The van der Waals surface area contributed by atoms with Crippen LogP contribution in [0.3, 0.4) is 0 Å². The second-order valence-electron chi connectivity index (χ2n) is 0. The Bertz CT molecular complexity index is 9.61. The van der Waals surface area contributed by atoms with Gasteiger partial charge in [0.25, 0.3) is 0 Å². The van der Waals surface area contributed by atoms with Crippen molar-refractivity contribution in [2.24, 2.45) is 0 Å². The van der Waals surface area contributed by atoms with E-state index in [1.54, 1.807) is 0 Å². The minimum atomic E-state index is 0. The molecule has 0 spiro atoms. The van der Waals surface area contributed by atoms with Crippen molar-refractivity contribution in [1.29, 1.82) is 0 Å². The van der Waals surface area contributed by atoms with Crippen molar-refractivity contribution in [3.8, 4) is 0 Å². The molecule has 0 aromatic heterocycles. The van der Waals surface area contributed by atoms with Crippen molar-refractivity contribution < 1.29 is 52.8 Å². The maximum absolute atomic E-state index is 2.15. The average molecular weight is 311 g/mol. The van der Waals surface area contributed by atoms with E-state index in [4.69, 9.17) is 0 Å². The van der Waals surface area contributed by atoms with E-state index in [9.17, 15) is 0 Å². The van der Waals surface area contributed by atoms with Gasteiger partial charge in [0.2, 0.25) is 0 Å². The molecule has 0 nitrogen and oxygen atoms in total. The molecule has 0 rings (SSSR count). The molecule has 0 fully saturated rings. The summed E-state index contributed by atoms with van der Waals surface area (Å²) in [5.74, 6) is 0. The van der Waals surface area contributed by atoms with Gasteiger partial charge in [0.15, 0.2) is 0 Å². The van der Waals surface area contributed by atoms with Gasteiger partial charge in [-0.1, -0.05) is 22.6 Å². The van der Waals surface area contributed by atoms with Crippen molar-refractivity contribution >= 4 is 46.6 Å². The largest absolute Gasteiger partial charge is 1.00 e. The molecule has 0 saturated heterocycles. The van der Waals surface area contributed by atoms with Crippen LogP contribution < -0.4 is 51.4 Å². The van der Waals surface area contributed by atoms with Gasteiger partial charge in [0, 0.05) is 0 Å². The van der Waals surface area contributed by atoms with E-state index in [1.165, 1.54) is 0 Å². The fourth-order valence-electron chi connectivity index (χ4n) is 0. The van der Waals surface area contributed by atoms with Crippen molar-refractivity contribution in [1.82, 2.24) is 0 Å². The summed E-state index contributed by atoms with van der Waals surface area (Å²) in [6.07, 6.45) is 0. The molecule has 0 amide bonds. The van der Waals surface area contributed by atoms with Gasteiger partial charge >= 0.3 is 51.4 Å². The summed E-state index contributed by atoms with van der Waals surface area (Å²) in [5.41, 5.74) is 0. The standard InChI is InChI=1S/CH3I.HI.K.H/c1-2;;;/h1H3;1H;;/q;;+1;-1/i;;;1+1. The number of rotatable bonds is 0. The van der Waals surface area contributed by atoms with Gasteiger partial charge < -0.3 is 1.43 Å². The summed E-state index contributed by atoms with van der Waals surface area (Å²) >= 11 is 2.15. The Morgan fingerprint density at radius 3 is 1.50 bits per heavy atom. The van der Waals surface area contributed by atoms with Crippen LogP contribution in [0.1, 0.15) is 1.43 Å². The fraction of sp³-hybridized carbons (Fsp3) is 1.00. The van der Waals surface area contributed by atoms with Gasteiger partial charge in [-0.25, -0.2) is 0 Å². The zero-order valence-corrected chi connectivity index (χ0v) is 10.4. The Morgan fingerprint density at radius 2 is 1.50 bits per heavy atom. The SMILES string of the molecule is CI.I.[2H-].[K+].